The summed E-state index contributed by atoms with van der Waals surface area (Å²) < 4.78 is 0.830. The fraction of sp³-hybridized carbons (Fsp3) is 0.273. The topological polar surface area (TPSA) is 100 Å². The summed E-state index contributed by atoms with van der Waals surface area (Å²) in [5, 5.41) is 8.80. The fourth-order valence-electron chi connectivity index (χ4n) is 2.97. The van der Waals surface area contributed by atoms with E-state index in [2.05, 4.69) is 20.9 Å². The molecular formula is C22H24N4O3S. The molecule has 1 heterocycles. The van der Waals surface area contributed by atoms with E-state index in [0.29, 0.717) is 28.3 Å². The molecule has 3 amide bonds. The van der Waals surface area contributed by atoms with Crippen LogP contribution >= 0.6 is 11.3 Å². The molecule has 0 aliphatic carbocycles. The number of carbonyl (C=O) groups is 3. The van der Waals surface area contributed by atoms with Crippen molar-refractivity contribution in [3.8, 4) is 0 Å². The van der Waals surface area contributed by atoms with Crippen LogP contribution in [-0.2, 0) is 14.4 Å². The van der Waals surface area contributed by atoms with Crippen LogP contribution in [0.3, 0.4) is 0 Å². The summed E-state index contributed by atoms with van der Waals surface area (Å²) in [5.74, 6) is -0.514. The first kappa shape index (κ1) is 21.4. The normalized spacial score (nSPS) is 11.9. The first-order valence-electron chi connectivity index (χ1n) is 9.65. The number of thiazole rings is 1. The molecule has 3 rings (SSSR count). The van der Waals surface area contributed by atoms with Crippen LogP contribution in [0.5, 0.6) is 0 Å². The van der Waals surface area contributed by atoms with Crippen molar-refractivity contribution in [2.75, 3.05) is 10.6 Å². The molecule has 0 saturated heterocycles. The Morgan fingerprint density at radius 1 is 1.03 bits per heavy atom. The lowest BCUT2D eigenvalue weighted by molar-refractivity contribution is -0.127. The third kappa shape index (κ3) is 5.64. The maximum atomic E-state index is 13.0. The van der Waals surface area contributed by atoms with Gasteiger partial charge in [0.15, 0.2) is 5.13 Å². The second-order valence-electron chi connectivity index (χ2n) is 7.38. The zero-order valence-electron chi connectivity index (χ0n) is 17.1. The predicted molar refractivity (Wildman–Crippen MR) is 119 cm³/mol. The number of carbonyl (C=O) groups excluding carboxylic acids is 3. The van der Waals surface area contributed by atoms with Crippen LogP contribution in [0.4, 0.5) is 10.8 Å². The zero-order chi connectivity index (χ0) is 21.7. The van der Waals surface area contributed by atoms with Gasteiger partial charge in [-0.2, -0.15) is 0 Å². The Kier molecular flexibility index (Phi) is 6.79. The molecule has 0 aliphatic heterocycles. The van der Waals surface area contributed by atoms with Gasteiger partial charge < -0.3 is 10.6 Å². The van der Waals surface area contributed by atoms with Crippen molar-refractivity contribution < 1.29 is 14.4 Å². The van der Waals surface area contributed by atoms with Crippen LogP contribution < -0.4 is 16.0 Å². The van der Waals surface area contributed by atoms with E-state index in [1.165, 1.54) is 18.3 Å². The quantitative estimate of drug-likeness (QED) is 0.532. The van der Waals surface area contributed by atoms with E-state index >= 15 is 0 Å². The largest absolute Gasteiger partial charge is 0.341 e. The second kappa shape index (κ2) is 9.49. The van der Waals surface area contributed by atoms with Gasteiger partial charge in [0.2, 0.25) is 11.8 Å². The standard InChI is InChI=1S/C22H24N4O3S/c1-13(2)11-19(28)25-20(15-7-5-4-6-8-15)21(29)26-22-24-17-10-9-16(23-14(3)27)12-18(17)30-22/h4-10,12-13,20H,11H2,1-3H3,(H,23,27)(H,25,28)(H,24,26,29). The minimum absolute atomic E-state index is 0.157. The number of amides is 3. The molecule has 1 unspecified atom stereocenters. The van der Waals surface area contributed by atoms with Gasteiger partial charge in [-0.3, -0.25) is 19.7 Å². The number of nitrogens with one attached hydrogen (secondary N) is 3. The molecule has 156 valence electrons. The monoisotopic (exact) mass is 424 g/mol. The molecule has 2 aromatic carbocycles. The van der Waals surface area contributed by atoms with Gasteiger partial charge in [-0.15, -0.1) is 0 Å². The highest BCUT2D eigenvalue weighted by molar-refractivity contribution is 7.22. The minimum Gasteiger partial charge on any atom is -0.341 e. The number of hydrogen-bond donors (Lipinski definition) is 3. The van der Waals surface area contributed by atoms with Gasteiger partial charge in [0.25, 0.3) is 5.91 Å². The van der Waals surface area contributed by atoms with E-state index in [-0.39, 0.29) is 23.6 Å². The average Bonchev–Trinajstić information content (AvgIpc) is 3.07. The fourth-order valence-corrected chi connectivity index (χ4v) is 3.88. The number of rotatable bonds is 7. The Morgan fingerprint density at radius 2 is 1.77 bits per heavy atom. The molecule has 1 aromatic heterocycles. The Labute approximate surface area is 178 Å². The van der Waals surface area contributed by atoms with Crippen LogP contribution in [-0.4, -0.2) is 22.7 Å². The highest BCUT2D eigenvalue weighted by atomic mass is 32.1. The Bertz CT molecular complexity index is 1060. The SMILES string of the molecule is CC(=O)Nc1ccc2nc(NC(=O)C(NC(=O)CC(C)C)c3ccccc3)sc2c1. The molecule has 3 aromatic rings. The van der Waals surface area contributed by atoms with Gasteiger partial charge in [-0.1, -0.05) is 55.5 Å². The lowest BCUT2D eigenvalue weighted by Gasteiger charge is -2.18. The van der Waals surface area contributed by atoms with E-state index in [1.54, 1.807) is 24.3 Å². The highest BCUT2D eigenvalue weighted by Gasteiger charge is 2.24. The molecule has 0 fully saturated rings. The second-order valence-corrected chi connectivity index (χ2v) is 8.41. The number of nitrogens with zero attached hydrogens (tertiary/aromatic N) is 1. The average molecular weight is 425 g/mol. The maximum absolute atomic E-state index is 13.0. The molecule has 8 heteroatoms. The van der Waals surface area contributed by atoms with Crippen LogP contribution in [0, 0.1) is 5.92 Å². The minimum atomic E-state index is -0.820. The molecule has 0 radical (unpaired) electrons. The van der Waals surface area contributed by atoms with Gasteiger partial charge in [0.1, 0.15) is 6.04 Å². The summed E-state index contributed by atoms with van der Waals surface area (Å²) >= 11 is 1.30. The Balaban J connectivity index is 1.80. The number of hydrogen-bond acceptors (Lipinski definition) is 5. The van der Waals surface area contributed by atoms with Crippen molar-refractivity contribution >= 4 is 50.1 Å². The number of benzene rings is 2. The third-order valence-corrected chi connectivity index (χ3v) is 5.17. The summed E-state index contributed by atoms with van der Waals surface area (Å²) in [6.45, 7) is 5.35. The molecule has 0 spiro atoms. The van der Waals surface area contributed by atoms with Gasteiger partial charge >= 0.3 is 0 Å². The van der Waals surface area contributed by atoms with Crippen molar-refractivity contribution in [2.45, 2.75) is 33.2 Å². The van der Waals surface area contributed by atoms with Crippen molar-refractivity contribution in [3.05, 3.63) is 54.1 Å². The Hall–Kier alpha value is -3.26. The molecular weight excluding hydrogens is 400 g/mol. The van der Waals surface area contributed by atoms with Gasteiger partial charge in [-0.05, 0) is 29.7 Å². The summed E-state index contributed by atoms with van der Waals surface area (Å²) in [7, 11) is 0. The first-order chi connectivity index (χ1) is 14.3. The van der Waals surface area contributed by atoms with Crippen LogP contribution in [0.25, 0.3) is 10.2 Å². The van der Waals surface area contributed by atoms with Gasteiger partial charge in [0, 0.05) is 19.0 Å². The van der Waals surface area contributed by atoms with Crippen molar-refractivity contribution in [1.82, 2.24) is 10.3 Å². The van der Waals surface area contributed by atoms with E-state index in [4.69, 9.17) is 0 Å². The van der Waals surface area contributed by atoms with Crippen molar-refractivity contribution in [2.24, 2.45) is 5.92 Å². The number of aromatic nitrogens is 1. The first-order valence-corrected chi connectivity index (χ1v) is 10.5. The third-order valence-electron chi connectivity index (χ3n) is 4.23. The smallest absolute Gasteiger partial charge is 0.253 e. The predicted octanol–water partition coefficient (Wildman–Crippen LogP) is 4.10. The van der Waals surface area contributed by atoms with E-state index in [1.807, 2.05) is 38.1 Å². The van der Waals surface area contributed by atoms with Gasteiger partial charge in [-0.25, -0.2) is 4.98 Å². The van der Waals surface area contributed by atoms with Crippen molar-refractivity contribution in [1.29, 1.82) is 0 Å². The van der Waals surface area contributed by atoms with Crippen LogP contribution in [0.1, 0.15) is 38.8 Å². The molecule has 3 N–H and O–H groups in total. The van der Waals surface area contributed by atoms with E-state index < -0.39 is 6.04 Å². The number of fused-ring (bicyclic) bond motifs is 1. The maximum Gasteiger partial charge on any atom is 0.253 e. The van der Waals surface area contributed by atoms with Gasteiger partial charge in [0.05, 0.1) is 10.2 Å². The summed E-state index contributed by atoms with van der Waals surface area (Å²) in [6, 6.07) is 13.6. The van der Waals surface area contributed by atoms with E-state index in [0.717, 1.165) is 4.70 Å². The molecule has 7 nitrogen and oxygen atoms in total. The lowest BCUT2D eigenvalue weighted by Crippen LogP contribution is -2.37. The highest BCUT2D eigenvalue weighted by Crippen LogP contribution is 2.29. The molecule has 0 bridgehead atoms. The molecule has 1 atom stereocenters. The molecule has 0 saturated carbocycles. The summed E-state index contributed by atoms with van der Waals surface area (Å²) in [4.78, 5) is 41.0. The van der Waals surface area contributed by atoms with E-state index in [9.17, 15) is 14.4 Å². The lowest BCUT2D eigenvalue weighted by atomic mass is 10.0. The summed E-state index contributed by atoms with van der Waals surface area (Å²) in [5.41, 5.74) is 2.07. The number of anilines is 2. The zero-order valence-corrected chi connectivity index (χ0v) is 17.9. The van der Waals surface area contributed by atoms with Crippen molar-refractivity contribution in [3.63, 3.8) is 0 Å². The van der Waals surface area contributed by atoms with Crippen LogP contribution in [0.15, 0.2) is 48.5 Å². The molecule has 0 aliphatic rings. The summed E-state index contributed by atoms with van der Waals surface area (Å²) in [6.07, 6.45) is 0.337. The van der Waals surface area contributed by atoms with Crippen LogP contribution in [0.2, 0.25) is 0 Å². The molecule has 30 heavy (non-hydrogen) atoms. The Morgan fingerprint density at radius 3 is 2.43 bits per heavy atom.